The molecule has 0 saturated heterocycles. The standard InChI is InChI=1S/C18H16ClN5O2/c1-11-2-3-12(19)8-14(11)22-17-10-20-24-18(23-17)21-13-4-5-15-16(9-13)26-7-6-25-15/h2-5,8-10H,6-7H2,1H3,(H2,21,22,23,24). The molecule has 0 aliphatic carbocycles. The third kappa shape index (κ3) is 3.62. The molecule has 2 heterocycles. The second-order valence-corrected chi connectivity index (χ2v) is 6.17. The van der Waals surface area contributed by atoms with Gasteiger partial charge in [-0.25, -0.2) is 0 Å². The quantitative estimate of drug-likeness (QED) is 0.716. The number of fused-ring (bicyclic) bond motifs is 1. The Morgan fingerprint density at radius 1 is 1.00 bits per heavy atom. The van der Waals surface area contributed by atoms with Crippen molar-refractivity contribution in [1.29, 1.82) is 0 Å². The minimum absolute atomic E-state index is 0.367. The van der Waals surface area contributed by atoms with Crippen LogP contribution in [-0.2, 0) is 0 Å². The zero-order valence-electron chi connectivity index (χ0n) is 14.0. The third-order valence-corrected chi connectivity index (χ3v) is 4.05. The van der Waals surface area contributed by atoms with Crippen molar-refractivity contribution in [2.75, 3.05) is 23.8 Å². The molecule has 0 saturated carbocycles. The average Bonchev–Trinajstić information content (AvgIpc) is 2.65. The van der Waals surface area contributed by atoms with E-state index in [0.29, 0.717) is 35.8 Å². The van der Waals surface area contributed by atoms with E-state index in [2.05, 4.69) is 25.8 Å². The Bertz CT molecular complexity index is 951. The molecule has 4 rings (SSSR count). The van der Waals surface area contributed by atoms with Gasteiger partial charge in [0, 0.05) is 22.5 Å². The van der Waals surface area contributed by atoms with E-state index in [1.165, 1.54) is 0 Å². The summed E-state index contributed by atoms with van der Waals surface area (Å²) in [5.74, 6) is 2.35. The Labute approximate surface area is 155 Å². The van der Waals surface area contributed by atoms with Gasteiger partial charge in [-0.15, -0.1) is 5.10 Å². The lowest BCUT2D eigenvalue weighted by Gasteiger charge is -2.19. The second kappa shape index (κ2) is 7.05. The summed E-state index contributed by atoms with van der Waals surface area (Å²) in [5.41, 5.74) is 2.70. The van der Waals surface area contributed by atoms with Crippen LogP contribution in [0.4, 0.5) is 23.1 Å². The number of rotatable bonds is 4. The van der Waals surface area contributed by atoms with Crippen LogP contribution < -0.4 is 20.1 Å². The van der Waals surface area contributed by atoms with Crippen LogP contribution in [0.5, 0.6) is 11.5 Å². The van der Waals surface area contributed by atoms with Gasteiger partial charge in [0.05, 0.1) is 6.20 Å². The van der Waals surface area contributed by atoms with Crippen molar-refractivity contribution in [2.24, 2.45) is 0 Å². The van der Waals surface area contributed by atoms with E-state index in [9.17, 15) is 0 Å². The lowest BCUT2D eigenvalue weighted by Crippen LogP contribution is -2.15. The van der Waals surface area contributed by atoms with Gasteiger partial charge in [0.2, 0.25) is 5.95 Å². The Morgan fingerprint density at radius 2 is 1.85 bits per heavy atom. The molecular formula is C18H16ClN5O2. The van der Waals surface area contributed by atoms with Crippen LogP contribution in [0.3, 0.4) is 0 Å². The monoisotopic (exact) mass is 369 g/mol. The predicted octanol–water partition coefficient (Wildman–Crippen LogP) is 4.09. The maximum Gasteiger partial charge on any atom is 0.249 e. The lowest BCUT2D eigenvalue weighted by molar-refractivity contribution is 0.171. The largest absolute Gasteiger partial charge is 0.486 e. The minimum Gasteiger partial charge on any atom is -0.486 e. The van der Waals surface area contributed by atoms with Crippen molar-refractivity contribution in [2.45, 2.75) is 6.92 Å². The number of aromatic nitrogens is 3. The van der Waals surface area contributed by atoms with Crippen molar-refractivity contribution in [3.63, 3.8) is 0 Å². The van der Waals surface area contributed by atoms with Gasteiger partial charge in [-0.1, -0.05) is 17.7 Å². The van der Waals surface area contributed by atoms with E-state index in [0.717, 1.165) is 22.7 Å². The van der Waals surface area contributed by atoms with Crippen molar-refractivity contribution >= 4 is 34.7 Å². The fraction of sp³-hybridized carbons (Fsp3) is 0.167. The van der Waals surface area contributed by atoms with Crippen LogP contribution in [0.15, 0.2) is 42.6 Å². The normalized spacial score (nSPS) is 12.5. The van der Waals surface area contributed by atoms with Crippen molar-refractivity contribution in [1.82, 2.24) is 15.2 Å². The smallest absolute Gasteiger partial charge is 0.249 e. The lowest BCUT2D eigenvalue weighted by atomic mass is 10.2. The van der Waals surface area contributed by atoms with Gasteiger partial charge in [-0.05, 0) is 36.8 Å². The summed E-state index contributed by atoms with van der Waals surface area (Å²) in [6.07, 6.45) is 1.55. The first kappa shape index (κ1) is 16.4. The maximum absolute atomic E-state index is 6.06. The van der Waals surface area contributed by atoms with E-state index in [4.69, 9.17) is 21.1 Å². The molecule has 0 spiro atoms. The molecule has 132 valence electrons. The van der Waals surface area contributed by atoms with Gasteiger partial charge in [0.25, 0.3) is 0 Å². The van der Waals surface area contributed by atoms with Crippen LogP contribution in [0, 0.1) is 6.92 Å². The molecule has 0 atom stereocenters. The molecule has 0 unspecified atom stereocenters. The highest BCUT2D eigenvalue weighted by Gasteiger charge is 2.12. The molecule has 1 aliphatic rings. The third-order valence-electron chi connectivity index (χ3n) is 3.82. The van der Waals surface area contributed by atoms with Crippen molar-refractivity contribution in [3.05, 3.63) is 53.2 Å². The predicted molar refractivity (Wildman–Crippen MR) is 100 cm³/mol. The molecule has 0 amide bonds. The summed E-state index contributed by atoms with van der Waals surface area (Å²) in [7, 11) is 0. The highest BCUT2D eigenvalue weighted by atomic mass is 35.5. The Kier molecular flexibility index (Phi) is 4.45. The number of halogens is 1. The number of hydrogen-bond donors (Lipinski definition) is 2. The number of hydrogen-bond acceptors (Lipinski definition) is 7. The molecule has 1 aromatic heterocycles. The molecule has 8 heteroatoms. The summed E-state index contributed by atoms with van der Waals surface area (Å²) in [6, 6.07) is 11.2. The molecule has 2 N–H and O–H groups in total. The molecule has 1 aliphatic heterocycles. The van der Waals surface area contributed by atoms with Crippen molar-refractivity contribution < 1.29 is 9.47 Å². The molecule has 0 fully saturated rings. The van der Waals surface area contributed by atoms with E-state index in [-0.39, 0.29) is 0 Å². The van der Waals surface area contributed by atoms with Crippen LogP contribution >= 0.6 is 11.6 Å². The molecule has 26 heavy (non-hydrogen) atoms. The molecule has 0 bridgehead atoms. The van der Waals surface area contributed by atoms with Gasteiger partial charge in [-0.3, -0.25) is 0 Å². The first-order valence-corrected chi connectivity index (χ1v) is 8.45. The fourth-order valence-corrected chi connectivity index (χ4v) is 2.71. The summed E-state index contributed by atoms with van der Waals surface area (Å²) < 4.78 is 11.1. The highest BCUT2D eigenvalue weighted by molar-refractivity contribution is 6.30. The number of ether oxygens (including phenoxy) is 2. The fourth-order valence-electron chi connectivity index (χ4n) is 2.53. The molecular weight excluding hydrogens is 354 g/mol. The van der Waals surface area contributed by atoms with Gasteiger partial charge < -0.3 is 20.1 Å². The summed E-state index contributed by atoms with van der Waals surface area (Å²) in [5, 5.41) is 15.0. The number of nitrogens with one attached hydrogen (secondary N) is 2. The van der Waals surface area contributed by atoms with E-state index in [1.54, 1.807) is 6.20 Å². The number of aryl methyl sites for hydroxylation is 1. The highest BCUT2D eigenvalue weighted by Crippen LogP contribution is 2.33. The van der Waals surface area contributed by atoms with E-state index in [1.807, 2.05) is 43.3 Å². The zero-order valence-corrected chi connectivity index (χ0v) is 14.7. The molecule has 0 radical (unpaired) electrons. The summed E-state index contributed by atoms with van der Waals surface area (Å²) in [4.78, 5) is 4.44. The van der Waals surface area contributed by atoms with Gasteiger partial charge >= 0.3 is 0 Å². The Hall–Kier alpha value is -3.06. The van der Waals surface area contributed by atoms with Crippen LogP contribution in [-0.4, -0.2) is 28.4 Å². The maximum atomic E-state index is 6.06. The SMILES string of the molecule is Cc1ccc(Cl)cc1Nc1cnnc(Nc2ccc3c(c2)OCCO3)n1. The van der Waals surface area contributed by atoms with Gasteiger partial charge in [-0.2, -0.15) is 10.1 Å². The molecule has 2 aromatic carbocycles. The van der Waals surface area contributed by atoms with Crippen LogP contribution in [0.1, 0.15) is 5.56 Å². The summed E-state index contributed by atoms with van der Waals surface area (Å²) in [6.45, 7) is 3.08. The Morgan fingerprint density at radius 3 is 2.73 bits per heavy atom. The zero-order chi connectivity index (χ0) is 17.9. The minimum atomic E-state index is 0.367. The van der Waals surface area contributed by atoms with Crippen LogP contribution in [0.2, 0.25) is 5.02 Å². The number of anilines is 4. The summed E-state index contributed by atoms with van der Waals surface area (Å²) >= 11 is 6.06. The topological polar surface area (TPSA) is 81.2 Å². The van der Waals surface area contributed by atoms with Gasteiger partial charge in [0.15, 0.2) is 17.3 Å². The second-order valence-electron chi connectivity index (χ2n) is 5.73. The Balaban J connectivity index is 1.53. The molecule has 3 aromatic rings. The number of benzene rings is 2. The van der Waals surface area contributed by atoms with Gasteiger partial charge in [0.1, 0.15) is 13.2 Å². The van der Waals surface area contributed by atoms with E-state index >= 15 is 0 Å². The first-order chi connectivity index (χ1) is 12.7. The van der Waals surface area contributed by atoms with Crippen molar-refractivity contribution in [3.8, 4) is 11.5 Å². The van der Waals surface area contributed by atoms with Crippen LogP contribution in [0.25, 0.3) is 0 Å². The average molecular weight is 370 g/mol. The van der Waals surface area contributed by atoms with E-state index < -0.39 is 0 Å². The molecule has 7 nitrogen and oxygen atoms in total. The number of nitrogens with zero attached hydrogens (tertiary/aromatic N) is 3. The first-order valence-electron chi connectivity index (χ1n) is 8.07.